The number of rotatable bonds is 7. The summed E-state index contributed by atoms with van der Waals surface area (Å²) in [6.07, 6.45) is 0.667. The minimum atomic E-state index is -1.05. The topological polar surface area (TPSA) is 77.4 Å². The summed E-state index contributed by atoms with van der Waals surface area (Å²) in [7, 11) is 3.03. The lowest BCUT2D eigenvalue weighted by molar-refractivity contribution is -0.144. The Labute approximate surface area is 150 Å². The van der Waals surface area contributed by atoms with Crippen molar-refractivity contribution in [1.82, 2.24) is 0 Å². The van der Waals surface area contributed by atoms with Gasteiger partial charge in [-0.3, -0.25) is 4.99 Å². The van der Waals surface area contributed by atoms with E-state index in [-0.39, 0.29) is 0 Å². The van der Waals surface area contributed by atoms with Crippen LogP contribution in [-0.2, 0) is 4.79 Å². The van der Waals surface area contributed by atoms with Crippen molar-refractivity contribution in [1.29, 1.82) is 0 Å². The maximum absolute atomic E-state index is 10.9. The number of benzene rings is 2. The van der Waals surface area contributed by atoms with E-state index >= 15 is 0 Å². The highest BCUT2D eigenvalue weighted by atomic mass is 35.5. The molecular formula is C18H18ClNO5. The molecule has 2 aromatic carbocycles. The minimum Gasteiger partial charge on any atom is -0.495 e. The third-order valence-corrected chi connectivity index (χ3v) is 3.63. The summed E-state index contributed by atoms with van der Waals surface area (Å²) in [4.78, 5) is 15.2. The summed E-state index contributed by atoms with van der Waals surface area (Å²) < 4.78 is 15.7. The number of carboxylic acid groups (broad SMARTS) is 1. The molecule has 1 atom stereocenters. The first-order valence-electron chi connectivity index (χ1n) is 7.39. The van der Waals surface area contributed by atoms with Crippen molar-refractivity contribution in [2.24, 2.45) is 4.99 Å². The monoisotopic (exact) mass is 363 g/mol. The van der Waals surface area contributed by atoms with E-state index in [9.17, 15) is 4.79 Å². The Morgan fingerprint density at radius 1 is 1.12 bits per heavy atom. The Kier molecular flexibility index (Phi) is 6.25. The molecule has 0 saturated carbocycles. The molecule has 0 aromatic heterocycles. The van der Waals surface area contributed by atoms with E-state index in [2.05, 4.69) is 4.99 Å². The van der Waals surface area contributed by atoms with Gasteiger partial charge in [-0.15, -0.1) is 0 Å². The summed E-state index contributed by atoms with van der Waals surface area (Å²) in [6, 6.07) is 10.3. The van der Waals surface area contributed by atoms with Gasteiger partial charge in [-0.25, -0.2) is 4.79 Å². The Balaban J connectivity index is 2.20. The van der Waals surface area contributed by atoms with Gasteiger partial charge < -0.3 is 19.3 Å². The third-order valence-electron chi connectivity index (χ3n) is 3.34. The standard InChI is InChI=1S/C18H18ClNO5/c1-11(18(21)22)25-16-6-4-12(8-17(16)24-3)10-20-13-5-7-15(23-2)14(19)9-13/h4-11H,1-3H3,(H,21,22)/t11-/m1/s1. The molecule has 1 N–H and O–H groups in total. The van der Waals surface area contributed by atoms with Gasteiger partial charge in [-0.2, -0.15) is 0 Å². The molecule has 0 spiro atoms. The van der Waals surface area contributed by atoms with Gasteiger partial charge in [0, 0.05) is 6.21 Å². The van der Waals surface area contributed by atoms with Crippen molar-refractivity contribution < 1.29 is 24.1 Å². The normalized spacial score (nSPS) is 12.0. The summed E-state index contributed by atoms with van der Waals surface area (Å²) in [5.41, 5.74) is 1.43. The van der Waals surface area contributed by atoms with Crippen LogP contribution in [0.3, 0.4) is 0 Å². The van der Waals surface area contributed by atoms with Crippen LogP contribution in [0.15, 0.2) is 41.4 Å². The first-order valence-corrected chi connectivity index (χ1v) is 7.77. The summed E-state index contributed by atoms with van der Waals surface area (Å²) >= 11 is 6.07. The van der Waals surface area contributed by atoms with Crippen molar-refractivity contribution >= 4 is 29.5 Å². The maximum Gasteiger partial charge on any atom is 0.344 e. The zero-order chi connectivity index (χ0) is 18.4. The van der Waals surface area contributed by atoms with E-state index in [1.165, 1.54) is 14.0 Å². The first-order chi connectivity index (χ1) is 11.9. The number of hydrogen-bond acceptors (Lipinski definition) is 5. The van der Waals surface area contributed by atoms with Crippen molar-refractivity contribution in [2.45, 2.75) is 13.0 Å². The number of hydrogen-bond donors (Lipinski definition) is 1. The van der Waals surface area contributed by atoms with E-state index in [1.54, 1.807) is 49.7 Å². The maximum atomic E-state index is 10.9. The predicted molar refractivity (Wildman–Crippen MR) is 96.0 cm³/mol. The van der Waals surface area contributed by atoms with Gasteiger partial charge in [0.25, 0.3) is 0 Å². The molecule has 0 aliphatic rings. The lowest BCUT2D eigenvalue weighted by Crippen LogP contribution is -2.23. The Morgan fingerprint density at radius 2 is 1.80 bits per heavy atom. The second kappa shape index (κ2) is 8.39. The number of methoxy groups -OCH3 is 2. The third kappa shape index (κ3) is 4.87. The number of aliphatic carboxylic acids is 1. The Hall–Kier alpha value is -2.73. The van der Waals surface area contributed by atoms with Gasteiger partial charge in [-0.05, 0) is 48.9 Å². The number of carboxylic acids is 1. The fraction of sp³-hybridized carbons (Fsp3) is 0.222. The number of nitrogens with zero attached hydrogens (tertiary/aromatic N) is 1. The molecule has 6 nitrogen and oxygen atoms in total. The lowest BCUT2D eigenvalue weighted by atomic mass is 10.2. The van der Waals surface area contributed by atoms with Crippen molar-refractivity contribution in [3.05, 3.63) is 47.0 Å². The summed E-state index contributed by atoms with van der Waals surface area (Å²) in [5.74, 6) is 0.298. The largest absolute Gasteiger partial charge is 0.495 e. The van der Waals surface area contributed by atoms with Crippen LogP contribution in [0.4, 0.5) is 5.69 Å². The highest BCUT2D eigenvalue weighted by Gasteiger charge is 2.15. The van der Waals surface area contributed by atoms with Crippen molar-refractivity contribution in [3.8, 4) is 17.2 Å². The van der Waals surface area contributed by atoms with E-state index in [0.717, 1.165) is 5.56 Å². The molecule has 0 heterocycles. The number of carbonyl (C=O) groups is 1. The van der Waals surface area contributed by atoms with Crippen molar-refractivity contribution in [3.63, 3.8) is 0 Å². The molecule has 0 saturated heterocycles. The molecule has 2 rings (SSSR count). The predicted octanol–water partition coefficient (Wildman–Crippen LogP) is 3.96. The van der Waals surface area contributed by atoms with Crippen LogP contribution in [-0.4, -0.2) is 37.6 Å². The Bertz CT molecular complexity index is 791. The minimum absolute atomic E-state index is 0.349. The quantitative estimate of drug-likeness (QED) is 0.753. The highest BCUT2D eigenvalue weighted by Crippen LogP contribution is 2.30. The average Bonchev–Trinajstić information content (AvgIpc) is 2.60. The fourth-order valence-corrected chi connectivity index (χ4v) is 2.24. The molecule has 0 aliphatic carbocycles. The molecule has 0 fully saturated rings. The summed E-state index contributed by atoms with van der Waals surface area (Å²) in [6.45, 7) is 1.45. The SMILES string of the molecule is COc1ccc(N=Cc2ccc(O[C@H](C)C(=O)O)c(OC)c2)cc1Cl. The molecule has 132 valence electrons. The van der Waals surface area contributed by atoms with Gasteiger partial charge in [0.1, 0.15) is 5.75 Å². The highest BCUT2D eigenvalue weighted by molar-refractivity contribution is 6.32. The van der Waals surface area contributed by atoms with Gasteiger partial charge >= 0.3 is 5.97 Å². The molecule has 0 amide bonds. The number of halogens is 1. The molecule has 25 heavy (non-hydrogen) atoms. The lowest BCUT2D eigenvalue weighted by Gasteiger charge is -2.14. The van der Waals surface area contributed by atoms with Gasteiger partial charge in [-0.1, -0.05) is 11.6 Å². The molecule has 0 bridgehead atoms. The molecule has 0 aliphatic heterocycles. The zero-order valence-corrected chi connectivity index (χ0v) is 14.8. The number of ether oxygens (including phenoxy) is 3. The smallest absolute Gasteiger partial charge is 0.344 e. The second-order valence-electron chi connectivity index (χ2n) is 5.09. The number of aliphatic imine (C=N–C) groups is 1. The van der Waals surface area contributed by atoms with E-state index in [0.29, 0.717) is 28.0 Å². The van der Waals surface area contributed by atoms with E-state index in [4.69, 9.17) is 30.9 Å². The fourth-order valence-electron chi connectivity index (χ4n) is 1.99. The molecule has 2 aromatic rings. The van der Waals surface area contributed by atoms with Gasteiger partial charge in [0.05, 0.1) is 24.9 Å². The van der Waals surface area contributed by atoms with Crippen LogP contribution in [0, 0.1) is 0 Å². The van der Waals surface area contributed by atoms with Crippen LogP contribution in [0.25, 0.3) is 0 Å². The van der Waals surface area contributed by atoms with E-state index < -0.39 is 12.1 Å². The van der Waals surface area contributed by atoms with Crippen LogP contribution in [0.5, 0.6) is 17.2 Å². The van der Waals surface area contributed by atoms with Gasteiger partial charge in [0.15, 0.2) is 17.6 Å². The molecular weight excluding hydrogens is 346 g/mol. The summed E-state index contributed by atoms with van der Waals surface area (Å²) in [5, 5.41) is 9.40. The van der Waals surface area contributed by atoms with Crippen LogP contribution < -0.4 is 14.2 Å². The first kappa shape index (κ1) is 18.6. The Morgan fingerprint density at radius 3 is 2.40 bits per heavy atom. The molecule has 7 heteroatoms. The zero-order valence-electron chi connectivity index (χ0n) is 14.0. The van der Waals surface area contributed by atoms with Crippen LogP contribution >= 0.6 is 11.6 Å². The second-order valence-corrected chi connectivity index (χ2v) is 5.49. The molecule has 0 unspecified atom stereocenters. The average molecular weight is 364 g/mol. The van der Waals surface area contributed by atoms with Gasteiger partial charge in [0.2, 0.25) is 0 Å². The molecule has 0 radical (unpaired) electrons. The van der Waals surface area contributed by atoms with Crippen LogP contribution in [0.2, 0.25) is 5.02 Å². The van der Waals surface area contributed by atoms with E-state index in [1.807, 2.05) is 0 Å². The van der Waals surface area contributed by atoms with Crippen LogP contribution in [0.1, 0.15) is 12.5 Å². The van der Waals surface area contributed by atoms with Crippen molar-refractivity contribution in [2.75, 3.05) is 14.2 Å².